The number of nitrogens with zero attached hydrogens (tertiary/aromatic N) is 1. The third-order valence-electron chi connectivity index (χ3n) is 3.23. The van der Waals surface area contributed by atoms with Crippen LogP contribution in [0.1, 0.15) is 16.1 Å². The Morgan fingerprint density at radius 1 is 1.19 bits per heavy atom. The Kier molecular flexibility index (Phi) is 5.56. The summed E-state index contributed by atoms with van der Waals surface area (Å²) < 4.78 is 63.7. The number of carbonyl (C=O) groups is 1. The molecule has 2 aromatic rings. The molecule has 138 valence electrons. The first kappa shape index (κ1) is 19.3. The van der Waals surface area contributed by atoms with E-state index in [1.54, 1.807) is 0 Å². The van der Waals surface area contributed by atoms with Crippen molar-refractivity contribution in [3.05, 3.63) is 59.3 Å². The molecule has 0 fully saturated rings. The molecule has 1 amide bonds. The van der Waals surface area contributed by atoms with E-state index in [0.717, 1.165) is 24.3 Å². The Hall–Kier alpha value is -3.01. The van der Waals surface area contributed by atoms with Crippen LogP contribution in [0.2, 0.25) is 0 Å². The van der Waals surface area contributed by atoms with Crippen LogP contribution in [-0.4, -0.2) is 23.1 Å². The molecule has 0 spiro atoms. The van der Waals surface area contributed by atoms with Gasteiger partial charge in [0.25, 0.3) is 5.91 Å². The van der Waals surface area contributed by atoms with Crippen LogP contribution in [0.4, 0.5) is 33.5 Å². The number of alkyl halides is 3. The minimum atomic E-state index is -4.60. The molecule has 5 nitrogen and oxygen atoms in total. The lowest BCUT2D eigenvalue weighted by Gasteiger charge is -2.11. The van der Waals surface area contributed by atoms with Gasteiger partial charge in [0.15, 0.2) is 0 Å². The van der Waals surface area contributed by atoms with Crippen LogP contribution in [0.3, 0.4) is 0 Å². The summed E-state index contributed by atoms with van der Waals surface area (Å²) in [5, 5.41) is 2.13. The number of hydrogen-bond donors (Lipinski definition) is 3. The second-order valence-corrected chi connectivity index (χ2v) is 5.18. The first-order valence-electron chi connectivity index (χ1n) is 7.11. The summed E-state index contributed by atoms with van der Waals surface area (Å²) in [6, 6.07) is 2.74. The molecule has 1 unspecified atom stereocenters. The van der Waals surface area contributed by atoms with E-state index in [9.17, 15) is 26.7 Å². The van der Waals surface area contributed by atoms with Crippen molar-refractivity contribution in [3.63, 3.8) is 0 Å². The van der Waals surface area contributed by atoms with Gasteiger partial charge in [-0.2, -0.15) is 13.2 Å². The number of hydrogen-bond acceptors (Lipinski definition) is 4. The molecule has 0 bridgehead atoms. The van der Waals surface area contributed by atoms with Gasteiger partial charge in [0.2, 0.25) is 0 Å². The van der Waals surface area contributed by atoms with E-state index >= 15 is 0 Å². The number of anilines is 2. The number of rotatable bonds is 4. The van der Waals surface area contributed by atoms with Gasteiger partial charge in [0.1, 0.15) is 29.2 Å². The molecule has 5 N–H and O–H groups in total. The van der Waals surface area contributed by atoms with Crippen LogP contribution in [0.25, 0.3) is 6.08 Å². The first-order chi connectivity index (χ1) is 12.1. The van der Waals surface area contributed by atoms with Gasteiger partial charge in [-0.05, 0) is 24.3 Å². The quantitative estimate of drug-likeness (QED) is 0.719. The van der Waals surface area contributed by atoms with E-state index < -0.39 is 35.4 Å². The molecule has 1 heterocycles. The second kappa shape index (κ2) is 7.48. The zero-order valence-corrected chi connectivity index (χ0v) is 13.0. The van der Waals surface area contributed by atoms with Gasteiger partial charge in [0, 0.05) is 11.6 Å². The number of amides is 1. The Labute approximate surface area is 144 Å². The molecule has 0 aliphatic carbocycles. The molecule has 0 radical (unpaired) electrons. The fourth-order valence-electron chi connectivity index (χ4n) is 1.85. The Morgan fingerprint density at radius 2 is 1.88 bits per heavy atom. The van der Waals surface area contributed by atoms with E-state index in [1.165, 1.54) is 12.1 Å². The molecule has 2 rings (SSSR count). The van der Waals surface area contributed by atoms with Crippen molar-refractivity contribution >= 4 is 23.5 Å². The Balaban J connectivity index is 2.17. The third-order valence-corrected chi connectivity index (χ3v) is 3.23. The standard InChI is InChI=1S/C16H13F5N4O/c17-9-3-4-10(18)12(7-9)25-15(26)11-5-1-8(14(23)24-11)2-6-13(22)16(19,20)21/h1-7,13H,22H2,(H2,23,24)(H,25,26)/b6-2+. The Morgan fingerprint density at radius 3 is 2.50 bits per heavy atom. The summed E-state index contributed by atoms with van der Waals surface area (Å²) in [5.41, 5.74) is 10.0. The maximum Gasteiger partial charge on any atom is 0.407 e. The van der Waals surface area contributed by atoms with E-state index in [4.69, 9.17) is 11.5 Å². The van der Waals surface area contributed by atoms with E-state index in [2.05, 4.69) is 10.3 Å². The molecule has 26 heavy (non-hydrogen) atoms. The van der Waals surface area contributed by atoms with Crippen LogP contribution in [-0.2, 0) is 0 Å². The number of halogens is 5. The lowest BCUT2D eigenvalue weighted by Crippen LogP contribution is -2.35. The summed E-state index contributed by atoms with van der Waals surface area (Å²) in [5.74, 6) is -2.71. The van der Waals surface area contributed by atoms with Gasteiger partial charge in [0.05, 0.1) is 5.69 Å². The van der Waals surface area contributed by atoms with E-state index in [0.29, 0.717) is 6.08 Å². The highest BCUT2D eigenvalue weighted by Crippen LogP contribution is 2.21. The maximum atomic E-state index is 13.5. The van der Waals surface area contributed by atoms with Gasteiger partial charge in [-0.15, -0.1) is 0 Å². The molecular formula is C16H13F5N4O. The van der Waals surface area contributed by atoms with Gasteiger partial charge in [-0.25, -0.2) is 13.8 Å². The molecule has 0 saturated carbocycles. The molecule has 10 heteroatoms. The SMILES string of the molecule is Nc1nc(C(=O)Nc2cc(F)ccc2F)ccc1/C=C/C(N)C(F)(F)F. The topological polar surface area (TPSA) is 94.0 Å². The molecule has 1 atom stereocenters. The van der Waals surface area contributed by atoms with Crippen molar-refractivity contribution in [2.24, 2.45) is 5.73 Å². The zero-order valence-electron chi connectivity index (χ0n) is 13.0. The maximum absolute atomic E-state index is 13.5. The van der Waals surface area contributed by atoms with Crippen LogP contribution in [0, 0.1) is 11.6 Å². The largest absolute Gasteiger partial charge is 0.407 e. The van der Waals surface area contributed by atoms with Gasteiger partial charge in [-0.3, -0.25) is 4.79 Å². The highest BCUT2D eigenvalue weighted by Gasteiger charge is 2.34. The number of nitrogens with one attached hydrogen (secondary N) is 1. The number of nitrogen functional groups attached to an aromatic ring is 1. The van der Waals surface area contributed by atoms with Gasteiger partial charge < -0.3 is 16.8 Å². The van der Waals surface area contributed by atoms with Crippen molar-refractivity contribution < 1.29 is 26.7 Å². The monoisotopic (exact) mass is 372 g/mol. The number of nitrogens with two attached hydrogens (primary N) is 2. The van der Waals surface area contributed by atoms with Crippen LogP contribution in [0.5, 0.6) is 0 Å². The highest BCUT2D eigenvalue weighted by molar-refractivity contribution is 6.03. The molecule has 1 aromatic carbocycles. The van der Waals surface area contributed by atoms with Crippen molar-refractivity contribution in [1.82, 2.24) is 4.98 Å². The van der Waals surface area contributed by atoms with Crippen LogP contribution in [0.15, 0.2) is 36.4 Å². The summed E-state index contributed by atoms with van der Waals surface area (Å²) in [7, 11) is 0. The summed E-state index contributed by atoms with van der Waals surface area (Å²) >= 11 is 0. The molecule has 0 aliphatic rings. The predicted molar refractivity (Wildman–Crippen MR) is 86.0 cm³/mol. The lowest BCUT2D eigenvalue weighted by atomic mass is 10.1. The number of aromatic nitrogens is 1. The first-order valence-corrected chi connectivity index (χ1v) is 7.11. The molecule has 0 aliphatic heterocycles. The fraction of sp³-hybridized carbons (Fsp3) is 0.125. The summed E-state index contributed by atoms with van der Waals surface area (Å²) in [6.07, 6.45) is -2.89. The second-order valence-electron chi connectivity index (χ2n) is 5.18. The molecular weight excluding hydrogens is 359 g/mol. The van der Waals surface area contributed by atoms with Crippen molar-refractivity contribution in [1.29, 1.82) is 0 Å². The van der Waals surface area contributed by atoms with Gasteiger partial charge >= 0.3 is 6.18 Å². The molecule has 1 aromatic heterocycles. The predicted octanol–water partition coefficient (Wildman–Crippen LogP) is 3.10. The minimum absolute atomic E-state index is 0.109. The number of benzene rings is 1. The normalized spacial score (nSPS) is 13.0. The van der Waals surface area contributed by atoms with Crippen LogP contribution < -0.4 is 16.8 Å². The minimum Gasteiger partial charge on any atom is -0.383 e. The smallest absolute Gasteiger partial charge is 0.383 e. The van der Waals surface area contributed by atoms with E-state index in [1.807, 2.05) is 0 Å². The molecule has 0 saturated heterocycles. The van der Waals surface area contributed by atoms with Crippen molar-refractivity contribution in [2.75, 3.05) is 11.1 Å². The zero-order chi connectivity index (χ0) is 19.5. The van der Waals surface area contributed by atoms with Gasteiger partial charge in [-0.1, -0.05) is 12.2 Å². The van der Waals surface area contributed by atoms with Crippen molar-refractivity contribution in [2.45, 2.75) is 12.2 Å². The number of pyridine rings is 1. The lowest BCUT2D eigenvalue weighted by molar-refractivity contribution is -0.136. The van der Waals surface area contributed by atoms with Crippen molar-refractivity contribution in [3.8, 4) is 0 Å². The fourth-order valence-corrected chi connectivity index (χ4v) is 1.85. The average molecular weight is 372 g/mol. The van der Waals surface area contributed by atoms with Crippen LogP contribution >= 0.6 is 0 Å². The average Bonchev–Trinajstić information content (AvgIpc) is 2.55. The third kappa shape index (κ3) is 4.76. The Bertz CT molecular complexity index is 851. The van der Waals surface area contributed by atoms with E-state index in [-0.39, 0.29) is 17.1 Å². The summed E-state index contributed by atoms with van der Waals surface area (Å²) in [4.78, 5) is 15.8. The number of carbonyl (C=O) groups excluding carboxylic acids is 1. The highest BCUT2D eigenvalue weighted by atomic mass is 19.4. The summed E-state index contributed by atoms with van der Waals surface area (Å²) in [6.45, 7) is 0.